The van der Waals surface area contributed by atoms with Crippen LogP contribution in [0, 0.1) is 6.92 Å². The summed E-state index contributed by atoms with van der Waals surface area (Å²) >= 11 is 0. The summed E-state index contributed by atoms with van der Waals surface area (Å²) in [6.07, 6.45) is 1.80. The van der Waals surface area contributed by atoms with E-state index in [1.54, 1.807) is 37.1 Å². The first-order valence-electron chi connectivity index (χ1n) is 5.16. The van der Waals surface area contributed by atoms with Crippen molar-refractivity contribution in [1.29, 1.82) is 0 Å². The van der Waals surface area contributed by atoms with Crippen LogP contribution in [0.4, 0.5) is 0 Å². The average Bonchev–Trinajstić information content (AvgIpc) is 2.75. The molecule has 0 N–H and O–H groups in total. The maximum absolute atomic E-state index is 11.6. The Bertz CT molecular complexity index is 529. The third-order valence-electron chi connectivity index (χ3n) is 2.23. The Balaban J connectivity index is 2.27. The van der Waals surface area contributed by atoms with Gasteiger partial charge in [-0.2, -0.15) is 5.10 Å². The van der Waals surface area contributed by atoms with Gasteiger partial charge in [0.15, 0.2) is 11.5 Å². The molecule has 0 radical (unpaired) electrons. The molecule has 0 aliphatic heterocycles. The molecule has 6 heteroatoms. The Labute approximate surface area is 98.9 Å². The molecule has 17 heavy (non-hydrogen) atoms. The molecule has 2 aromatic heterocycles. The van der Waals surface area contributed by atoms with Crippen LogP contribution in [-0.4, -0.2) is 44.9 Å². The predicted octanol–water partition coefficient (Wildman–Crippen LogP) is 0.673. The molecule has 2 aromatic rings. The summed E-state index contributed by atoms with van der Waals surface area (Å²) in [5.74, 6) is 0.425. The van der Waals surface area contributed by atoms with Crippen molar-refractivity contribution in [3.05, 3.63) is 35.8 Å². The third-order valence-corrected chi connectivity index (χ3v) is 2.23. The zero-order valence-corrected chi connectivity index (χ0v) is 9.95. The van der Waals surface area contributed by atoms with E-state index in [2.05, 4.69) is 15.3 Å². The minimum atomic E-state index is -0.166. The van der Waals surface area contributed by atoms with E-state index in [0.29, 0.717) is 11.5 Å². The van der Waals surface area contributed by atoms with Crippen LogP contribution in [0.3, 0.4) is 0 Å². The standard InChI is InChI=1S/C11H13N5O/c1-8-6-7-16(14-8)10-5-4-9(12-13-10)11(17)15(2)3/h4-7H,1-3H3. The fourth-order valence-electron chi connectivity index (χ4n) is 1.33. The van der Waals surface area contributed by atoms with E-state index in [1.807, 2.05) is 13.0 Å². The van der Waals surface area contributed by atoms with E-state index in [0.717, 1.165) is 5.69 Å². The maximum atomic E-state index is 11.6. The number of aryl methyl sites for hydroxylation is 1. The molecule has 0 aliphatic rings. The molecule has 0 saturated carbocycles. The molecule has 0 unspecified atom stereocenters. The van der Waals surface area contributed by atoms with E-state index in [9.17, 15) is 4.79 Å². The van der Waals surface area contributed by atoms with Gasteiger partial charge >= 0.3 is 0 Å². The highest BCUT2D eigenvalue weighted by atomic mass is 16.2. The maximum Gasteiger partial charge on any atom is 0.273 e. The fourth-order valence-corrected chi connectivity index (χ4v) is 1.33. The largest absolute Gasteiger partial charge is 0.343 e. The molecule has 1 amide bonds. The normalized spacial score (nSPS) is 10.3. The minimum absolute atomic E-state index is 0.166. The molecule has 0 saturated heterocycles. The van der Waals surface area contributed by atoms with E-state index in [-0.39, 0.29) is 5.91 Å². The lowest BCUT2D eigenvalue weighted by Crippen LogP contribution is -2.23. The number of nitrogens with zero attached hydrogens (tertiary/aromatic N) is 5. The fraction of sp³-hybridized carbons (Fsp3) is 0.273. The van der Waals surface area contributed by atoms with Crippen LogP contribution in [-0.2, 0) is 0 Å². The van der Waals surface area contributed by atoms with Gasteiger partial charge in [-0.05, 0) is 25.1 Å². The molecule has 0 aliphatic carbocycles. The van der Waals surface area contributed by atoms with Crippen LogP contribution in [0.15, 0.2) is 24.4 Å². The highest BCUT2D eigenvalue weighted by Gasteiger charge is 2.10. The number of amides is 1. The van der Waals surface area contributed by atoms with Crippen molar-refractivity contribution in [3.63, 3.8) is 0 Å². The van der Waals surface area contributed by atoms with Crippen molar-refractivity contribution >= 4 is 5.91 Å². The third kappa shape index (κ3) is 2.30. The van der Waals surface area contributed by atoms with Crippen molar-refractivity contribution in [3.8, 4) is 5.82 Å². The Kier molecular flexibility index (Phi) is 2.86. The van der Waals surface area contributed by atoms with E-state index >= 15 is 0 Å². The Morgan fingerprint density at radius 1 is 1.24 bits per heavy atom. The van der Waals surface area contributed by atoms with Gasteiger partial charge in [-0.3, -0.25) is 4.79 Å². The van der Waals surface area contributed by atoms with Crippen LogP contribution in [0.25, 0.3) is 5.82 Å². The van der Waals surface area contributed by atoms with Crippen LogP contribution < -0.4 is 0 Å². The molecule has 6 nitrogen and oxygen atoms in total. The van der Waals surface area contributed by atoms with E-state index in [1.165, 1.54) is 4.90 Å². The second kappa shape index (κ2) is 4.32. The Hall–Kier alpha value is -2.24. The number of carbonyl (C=O) groups excluding carboxylic acids is 1. The van der Waals surface area contributed by atoms with Gasteiger partial charge in [-0.25, -0.2) is 4.68 Å². The molecule has 0 fully saturated rings. The molecule has 0 bridgehead atoms. The highest BCUT2D eigenvalue weighted by molar-refractivity contribution is 5.91. The van der Waals surface area contributed by atoms with Gasteiger partial charge in [0.05, 0.1) is 5.69 Å². The summed E-state index contributed by atoms with van der Waals surface area (Å²) in [6.45, 7) is 1.90. The number of hydrogen-bond donors (Lipinski definition) is 0. The second-order valence-corrected chi connectivity index (χ2v) is 3.88. The van der Waals surface area contributed by atoms with Crippen molar-refractivity contribution < 1.29 is 4.79 Å². The lowest BCUT2D eigenvalue weighted by Gasteiger charge is -2.08. The summed E-state index contributed by atoms with van der Waals surface area (Å²) in [5, 5.41) is 12.1. The molecule has 2 heterocycles. The Morgan fingerprint density at radius 2 is 2.00 bits per heavy atom. The second-order valence-electron chi connectivity index (χ2n) is 3.88. The van der Waals surface area contributed by atoms with Crippen LogP contribution in [0.1, 0.15) is 16.2 Å². The van der Waals surface area contributed by atoms with Crippen LogP contribution in [0.5, 0.6) is 0 Å². The first kappa shape index (κ1) is 11.3. The zero-order valence-electron chi connectivity index (χ0n) is 9.95. The molecule has 0 atom stereocenters. The van der Waals surface area contributed by atoms with Gasteiger partial charge in [0.25, 0.3) is 5.91 Å². The number of aromatic nitrogens is 4. The predicted molar refractivity (Wildman–Crippen MR) is 61.9 cm³/mol. The number of carbonyl (C=O) groups is 1. The number of hydrogen-bond acceptors (Lipinski definition) is 4. The smallest absolute Gasteiger partial charge is 0.273 e. The Morgan fingerprint density at radius 3 is 2.47 bits per heavy atom. The van der Waals surface area contributed by atoms with Gasteiger partial charge in [-0.1, -0.05) is 0 Å². The van der Waals surface area contributed by atoms with Gasteiger partial charge in [0.1, 0.15) is 0 Å². The topological polar surface area (TPSA) is 63.9 Å². The minimum Gasteiger partial charge on any atom is -0.343 e. The summed E-state index contributed by atoms with van der Waals surface area (Å²) in [6, 6.07) is 5.23. The van der Waals surface area contributed by atoms with E-state index < -0.39 is 0 Å². The van der Waals surface area contributed by atoms with Gasteiger partial charge in [0, 0.05) is 20.3 Å². The first-order chi connectivity index (χ1) is 8.08. The molecule has 0 aromatic carbocycles. The van der Waals surface area contributed by atoms with Gasteiger partial charge in [0.2, 0.25) is 0 Å². The van der Waals surface area contributed by atoms with Crippen molar-refractivity contribution in [2.75, 3.05) is 14.1 Å². The summed E-state index contributed by atoms with van der Waals surface area (Å²) in [5.41, 5.74) is 1.22. The van der Waals surface area contributed by atoms with Gasteiger partial charge < -0.3 is 4.90 Å². The monoisotopic (exact) mass is 231 g/mol. The average molecular weight is 231 g/mol. The van der Waals surface area contributed by atoms with Crippen molar-refractivity contribution in [2.24, 2.45) is 0 Å². The summed E-state index contributed by atoms with van der Waals surface area (Å²) < 4.78 is 1.62. The highest BCUT2D eigenvalue weighted by Crippen LogP contribution is 2.04. The van der Waals surface area contributed by atoms with Crippen LogP contribution in [0.2, 0.25) is 0 Å². The molecule has 2 rings (SSSR count). The quantitative estimate of drug-likeness (QED) is 0.762. The van der Waals surface area contributed by atoms with Crippen molar-refractivity contribution in [2.45, 2.75) is 6.92 Å². The van der Waals surface area contributed by atoms with Gasteiger partial charge in [-0.15, -0.1) is 10.2 Å². The van der Waals surface area contributed by atoms with E-state index in [4.69, 9.17) is 0 Å². The first-order valence-corrected chi connectivity index (χ1v) is 5.16. The number of rotatable bonds is 2. The summed E-state index contributed by atoms with van der Waals surface area (Å²) in [4.78, 5) is 13.1. The molecule has 88 valence electrons. The molecule has 0 spiro atoms. The lowest BCUT2D eigenvalue weighted by atomic mass is 10.3. The summed E-state index contributed by atoms with van der Waals surface area (Å²) in [7, 11) is 3.35. The molecular formula is C11H13N5O. The molecular weight excluding hydrogens is 218 g/mol. The van der Waals surface area contributed by atoms with Crippen molar-refractivity contribution in [1.82, 2.24) is 24.9 Å². The SMILES string of the molecule is Cc1ccn(-c2ccc(C(=O)N(C)C)nn2)n1. The zero-order chi connectivity index (χ0) is 12.4. The van der Waals surface area contributed by atoms with Crippen LogP contribution >= 0.6 is 0 Å². The lowest BCUT2D eigenvalue weighted by molar-refractivity contribution is 0.0821.